The number of aliphatic hydroxyl groups excluding tert-OH is 1. The van der Waals surface area contributed by atoms with Gasteiger partial charge >= 0.3 is 0 Å². The maximum absolute atomic E-state index is 9.86. The lowest BCUT2D eigenvalue weighted by Crippen LogP contribution is -2.38. The minimum atomic E-state index is -0.385. The highest BCUT2D eigenvalue weighted by molar-refractivity contribution is 7.99. The molecule has 0 aliphatic heterocycles. The van der Waals surface area contributed by atoms with E-state index in [1.54, 1.807) is 0 Å². The molecule has 0 aromatic rings. The van der Waals surface area contributed by atoms with Gasteiger partial charge in [0.05, 0.1) is 18.8 Å². The van der Waals surface area contributed by atoms with Crippen LogP contribution in [0.5, 0.6) is 0 Å². The number of aliphatic hydroxyl groups is 1. The van der Waals surface area contributed by atoms with Gasteiger partial charge in [0, 0.05) is 17.8 Å². The van der Waals surface area contributed by atoms with Gasteiger partial charge in [-0.3, -0.25) is 0 Å². The fourth-order valence-corrected chi connectivity index (χ4v) is 2.40. The predicted molar refractivity (Wildman–Crippen MR) is 79.3 cm³/mol. The summed E-state index contributed by atoms with van der Waals surface area (Å²) in [5.41, 5.74) is 0. The van der Waals surface area contributed by atoms with Gasteiger partial charge in [0.15, 0.2) is 0 Å². The monoisotopic (exact) mass is 275 g/mol. The fourth-order valence-electron chi connectivity index (χ4n) is 2.15. The van der Waals surface area contributed by atoms with Gasteiger partial charge in [0.25, 0.3) is 0 Å². The van der Waals surface area contributed by atoms with E-state index in [-0.39, 0.29) is 10.9 Å². The molecule has 108 valence electrons. The van der Waals surface area contributed by atoms with Crippen molar-refractivity contribution in [3.63, 3.8) is 0 Å². The second-order valence-electron chi connectivity index (χ2n) is 5.84. The van der Waals surface area contributed by atoms with Crippen molar-refractivity contribution in [2.45, 2.75) is 62.9 Å². The Labute approximate surface area is 116 Å². The molecule has 1 rings (SSSR count). The van der Waals surface area contributed by atoms with E-state index < -0.39 is 0 Å². The summed E-state index contributed by atoms with van der Waals surface area (Å²) in [5, 5.41) is 13.2. The van der Waals surface area contributed by atoms with Crippen LogP contribution in [0.4, 0.5) is 0 Å². The van der Waals surface area contributed by atoms with E-state index in [1.165, 1.54) is 32.1 Å². The number of rotatable bonds is 8. The topological polar surface area (TPSA) is 41.5 Å². The van der Waals surface area contributed by atoms with Crippen molar-refractivity contribution < 1.29 is 9.84 Å². The smallest absolute Gasteiger partial charge is 0.0897 e. The van der Waals surface area contributed by atoms with Crippen LogP contribution >= 0.6 is 11.8 Å². The van der Waals surface area contributed by atoms with Crippen molar-refractivity contribution >= 4 is 11.8 Å². The first kappa shape index (κ1) is 16.3. The first-order chi connectivity index (χ1) is 8.53. The van der Waals surface area contributed by atoms with Crippen LogP contribution in [-0.2, 0) is 4.74 Å². The number of hydrogen-bond acceptors (Lipinski definition) is 4. The molecule has 0 aromatic heterocycles. The minimum Gasteiger partial charge on any atom is -0.389 e. The molecular weight excluding hydrogens is 246 g/mol. The molecule has 1 aliphatic carbocycles. The molecule has 1 atom stereocenters. The predicted octanol–water partition coefficient (Wildman–Crippen LogP) is 2.43. The molecule has 2 N–H and O–H groups in total. The molecule has 0 amide bonds. The number of hydrogen-bond donors (Lipinski definition) is 2. The summed E-state index contributed by atoms with van der Waals surface area (Å²) >= 11 is 1.84. The van der Waals surface area contributed by atoms with E-state index in [0.717, 1.165) is 6.54 Å². The Morgan fingerprint density at radius 3 is 2.61 bits per heavy atom. The molecule has 4 heteroatoms. The average molecular weight is 275 g/mol. The van der Waals surface area contributed by atoms with Gasteiger partial charge in [-0.1, -0.05) is 19.3 Å². The van der Waals surface area contributed by atoms with Crippen LogP contribution in [0.3, 0.4) is 0 Å². The first-order valence-electron chi connectivity index (χ1n) is 7.09. The largest absolute Gasteiger partial charge is 0.389 e. The summed E-state index contributed by atoms with van der Waals surface area (Å²) in [6.07, 6.45) is 8.35. The van der Waals surface area contributed by atoms with Crippen LogP contribution in [0.15, 0.2) is 0 Å². The van der Waals surface area contributed by atoms with Gasteiger partial charge in [0.2, 0.25) is 0 Å². The second kappa shape index (κ2) is 8.41. The third kappa shape index (κ3) is 6.98. The molecule has 1 aliphatic rings. The highest BCUT2D eigenvalue weighted by Crippen LogP contribution is 2.20. The van der Waals surface area contributed by atoms with Gasteiger partial charge in [-0.2, -0.15) is 11.8 Å². The zero-order valence-corrected chi connectivity index (χ0v) is 12.9. The highest BCUT2D eigenvalue weighted by Gasteiger charge is 2.17. The SMILES string of the molecule is CSC(C)(C)CNCC(O)COC1CCCCC1. The summed E-state index contributed by atoms with van der Waals surface area (Å²) in [4.78, 5) is 0. The molecular formula is C14H29NO2S. The van der Waals surface area contributed by atoms with E-state index in [4.69, 9.17) is 4.74 Å². The normalized spacial score (nSPS) is 20.0. The molecule has 0 bridgehead atoms. The second-order valence-corrected chi connectivity index (χ2v) is 7.36. The maximum Gasteiger partial charge on any atom is 0.0897 e. The average Bonchev–Trinajstić information content (AvgIpc) is 2.37. The Hall–Kier alpha value is 0.230. The third-order valence-corrected chi connectivity index (χ3v) is 4.81. The van der Waals surface area contributed by atoms with E-state index in [1.807, 2.05) is 11.8 Å². The van der Waals surface area contributed by atoms with Crippen LogP contribution in [0.2, 0.25) is 0 Å². The minimum absolute atomic E-state index is 0.226. The maximum atomic E-state index is 9.86. The fraction of sp³-hybridized carbons (Fsp3) is 1.00. The zero-order chi connectivity index (χ0) is 13.4. The third-order valence-electron chi connectivity index (χ3n) is 3.56. The van der Waals surface area contributed by atoms with Gasteiger partial charge in [-0.15, -0.1) is 0 Å². The van der Waals surface area contributed by atoms with Crippen molar-refractivity contribution in [3.05, 3.63) is 0 Å². The number of ether oxygens (including phenoxy) is 1. The summed E-state index contributed by atoms with van der Waals surface area (Å²) in [6, 6.07) is 0. The van der Waals surface area contributed by atoms with Crippen molar-refractivity contribution in [3.8, 4) is 0 Å². The Morgan fingerprint density at radius 2 is 2.00 bits per heavy atom. The van der Waals surface area contributed by atoms with Gasteiger partial charge in [-0.25, -0.2) is 0 Å². The van der Waals surface area contributed by atoms with Crippen molar-refractivity contribution in [1.82, 2.24) is 5.32 Å². The van der Waals surface area contributed by atoms with E-state index in [9.17, 15) is 5.11 Å². The van der Waals surface area contributed by atoms with Gasteiger partial charge in [-0.05, 0) is 32.9 Å². The quantitative estimate of drug-likeness (QED) is 0.714. The Morgan fingerprint density at radius 1 is 1.33 bits per heavy atom. The van der Waals surface area contributed by atoms with E-state index in [2.05, 4.69) is 25.4 Å². The Bertz CT molecular complexity index is 218. The zero-order valence-electron chi connectivity index (χ0n) is 12.1. The molecule has 0 heterocycles. The van der Waals surface area contributed by atoms with Crippen LogP contribution in [0.1, 0.15) is 46.0 Å². The molecule has 1 unspecified atom stereocenters. The van der Waals surface area contributed by atoms with Gasteiger partial charge in [0.1, 0.15) is 0 Å². The van der Waals surface area contributed by atoms with Gasteiger partial charge < -0.3 is 15.2 Å². The van der Waals surface area contributed by atoms with Crippen LogP contribution in [-0.4, -0.2) is 48.0 Å². The molecule has 3 nitrogen and oxygen atoms in total. The molecule has 0 aromatic carbocycles. The van der Waals surface area contributed by atoms with Crippen LogP contribution in [0, 0.1) is 0 Å². The highest BCUT2D eigenvalue weighted by atomic mass is 32.2. The lowest BCUT2D eigenvalue weighted by atomic mass is 9.98. The van der Waals surface area contributed by atoms with Crippen LogP contribution < -0.4 is 5.32 Å². The number of nitrogens with one attached hydrogen (secondary N) is 1. The van der Waals surface area contributed by atoms with Crippen molar-refractivity contribution in [2.75, 3.05) is 26.0 Å². The number of thioether (sulfide) groups is 1. The lowest BCUT2D eigenvalue weighted by Gasteiger charge is -2.25. The molecule has 1 saturated carbocycles. The van der Waals surface area contributed by atoms with E-state index >= 15 is 0 Å². The van der Waals surface area contributed by atoms with Crippen molar-refractivity contribution in [1.29, 1.82) is 0 Å². The standard InChI is InChI=1S/C14H29NO2S/c1-14(2,18-3)11-15-9-12(16)10-17-13-7-5-4-6-8-13/h12-13,15-16H,4-11H2,1-3H3. The lowest BCUT2D eigenvalue weighted by molar-refractivity contribution is -0.0229. The summed E-state index contributed by atoms with van der Waals surface area (Å²) < 4.78 is 5.98. The Balaban J connectivity index is 2.04. The van der Waals surface area contributed by atoms with Crippen LogP contribution in [0.25, 0.3) is 0 Å². The Kier molecular flexibility index (Phi) is 7.61. The molecule has 0 spiro atoms. The molecule has 0 radical (unpaired) electrons. The van der Waals surface area contributed by atoms with E-state index in [0.29, 0.717) is 19.3 Å². The molecule has 18 heavy (non-hydrogen) atoms. The molecule has 0 saturated heterocycles. The summed E-state index contributed by atoms with van der Waals surface area (Å²) in [6.45, 7) is 6.41. The van der Waals surface area contributed by atoms with Crippen molar-refractivity contribution in [2.24, 2.45) is 0 Å². The summed E-state index contributed by atoms with van der Waals surface area (Å²) in [5.74, 6) is 0. The summed E-state index contributed by atoms with van der Waals surface area (Å²) in [7, 11) is 0. The first-order valence-corrected chi connectivity index (χ1v) is 8.31. The molecule has 1 fully saturated rings.